The maximum absolute atomic E-state index is 5.48. The highest BCUT2D eigenvalue weighted by Crippen LogP contribution is 2.46. The molecule has 2 aromatic rings. The van der Waals surface area contributed by atoms with Gasteiger partial charge in [0.1, 0.15) is 5.52 Å². The molecular weight excluding hydrogens is 314 g/mol. The number of hydrogen-bond donors (Lipinski definition) is 0. The predicted octanol–water partition coefficient (Wildman–Crippen LogP) is 3.17. The molecule has 0 bridgehead atoms. The first-order chi connectivity index (χ1) is 11.9. The number of anilines is 1. The molecule has 2 fully saturated rings. The molecule has 1 aliphatic heterocycles. The van der Waals surface area contributed by atoms with Gasteiger partial charge >= 0.3 is 0 Å². The Morgan fingerprint density at radius 3 is 2.40 bits per heavy atom. The monoisotopic (exact) mass is 341 g/mol. The van der Waals surface area contributed by atoms with Gasteiger partial charge in [0, 0.05) is 19.0 Å². The molecule has 0 spiro atoms. The maximum atomic E-state index is 5.48. The molecule has 2 aromatic heterocycles. The Labute approximate surface area is 149 Å². The van der Waals surface area contributed by atoms with E-state index < -0.39 is 0 Å². The Kier molecular flexibility index (Phi) is 4.10. The lowest BCUT2D eigenvalue weighted by Gasteiger charge is -2.27. The highest BCUT2D eigenvalue weighted by Gasteiger charge is 2.34. The van der Waals surface area contributed by atoms with Crippen LogP contribution in [0.3, 0.4) is 0 Å². The molecule has 0 amide bonds. The first-order valence-electron chi connectivity index (χ1n) is 9.28. The van der Waals surface area contributed by atoms with Crippen LogP contribution >= 0.6 is 0 Å². The minimum Gasteiger partial charge on any atom is -0.378 e. The fraction of sp³-hybridized carbons (Fsp3) is 0.684. The van der Waals surface area contributed by atoms with Gasteiger partial charge in [0.05, 0.1) is 30.3 Å². The van der Waals surface area contributed by atoms with E-state index in [-0.39, 0.29) is 0 Å². The van der Waals surface area contributed by atoms with Crippen LogP contribution in [-0.2, 0) is 4.74 Å². The van der Waals surface area contributed by atoms with Gasteiger partial charge in [-0.25, -0.2) is 15.0 Å². The van der Waals surface area contributed by atoms with E-state index in [1.54, 1.807) is 0 Å². The third-order valence-electron chi connectivity index (χ3n) is 5.61. The highest BCUT2D eigenvalue weighted by atomic mass is 16.5. The molecule has 3 heterocycles. The molecule has 1 atom stereocenters. The van der Waals surface area contributed by atoms with Crippen molar-refractivity contribution in [3.8, 4) is 0 Å². The smallest absolute Gasteiger partial charge is 0.227 e. The van der Waals surface area contributed by atoms with Crippen molar-refractivity contribution in [2.45, 2.75) is 52.9 Å². The zero-order valence-corrected chi connectivity index (χ0v) is 15.7. The minimum absolute atomic E-state index is 0.369. The number of morpholine rings is 1. The number of rotatable bonds is 2. The number of ether oxygens (including phenoxy) is 1. The zero-order valence-electron chi connectivity index (χ0n) is 15.7. The van der Waals surface area contributed by atoms with Crippen molar-refractivity contribution >= 4 is 17.1 Å². The van der Waals surface area contributed by atoms with Crippen molar-refractivity contribution in [3.05, 3.63) is 17.1 Å². The Bertz CT molecular complexity index is 798. The van der Waals surface area contributed by atoms with Crippen LogP contribution in [0.4, 0.5) is 5.95 Å². The van der Waals surface area contributed by atoms with E-state index in [0.29, 0.717) is 11.3 Å². The number of hydrogen-bond acceptors (Lipinski definition) is 6. The lowest BCUT2D eigenvalue weighted by molar-refractivity contribution is 0.122. The summed E-state index contributed by atoms with van der Waals surface area (Å²) in [6.07, 6.45) is 3.54. The largest absolute Gasteiger partial charge is 0.378 e. The van der Waals surface area contributed by atoms with Crippen molar-refractivity contribution in [1.29, 1.82) is 0 Å². The molecule has 6 heteroatoms. The van der Waals surface area contributed by atoms with Crippen molar-refractivity contribution in [1.82, 2.24) is 19.9 Å². The summed E-state index contributed by atoms with van der Waals surface area (Å²) in [6, 6.07) is 0. The third-order valence-corrected chi connectivity index (χ3v) is 5.61. The van der Waals surface area contributed by atoms with E-state index in [4.69, 9.17) is 24.7 Å². The number of nitrogens with zero attached hydrogens (tertiary/aromatic N) is 5. The van der Waals surface area contributed by atoms with Crippen LogP contribution in [0.1, 0.15) is 56.1 Å². The average molecular weight is 341 g/mol. The molecule has 0 radical (unpaired) electrons. The van der Waals surface area contributed by atoms with E-state index in [0.717, 1.165) is 73.3 Å². The van der Waals surface area contributed by atoms with Crippen molar-refractivity contribution in [2.75, 3.05) is 31.2 Å². The molecule has 2 aliphatic rings. The molecule has 0 N–H and O–H groups in total. The highest BCUT2D eigenvalue weighted by molar-refractivity contribution is 5.75. The zero-order chi connectivity index (χ0) is 17.6. The van der Waals surface area contributed by atoms with Crippen LogP contribution in [-0.4, -0.2) is 46.2 Å². The summed E-state index contributed by atoms with van der Waals surface area (Å²) in [5.74, 6) is 1.23. The molecule has 1 unspecified atom stereocenters. The predicted molar refractivity (Wildman–Crippen MR) is 98.0 cm³/mol. The summed E-state index contributed by atoms with van der Waals surface area (Å²) >= 11 is 0. The standard InChI is InChI=1S/C19H27N5O/c1-12-13(2)21-17-16(20-12)15(14-5-6-19(3,4)11-14)22-18(23-17)24-7-9-25-10-8-24/h14H,5-11H2,1-4H3. The van der Waals surface area contributed by atoms with Gasteiger partial charge in [-0.1, -0.05) is 13.8 Å². The molecular formula is C19H27N5O. The summed E-state index contributed by atoms with van der Waals surface area (Å²) in [5, 5.41) is 0. The van der Waals surface area contributed by atoms with Crippen molar-refractivity contribution < 1.29 is 4.74 Å². The lowest BCUT2D eigenvalue weighted by atomic mass is 9.89. The molecule has 6 nitrogen and oxygen atoms in total. The second kappa shape index (κ2) is 6.16. The van der Waals surface area contributed by atoms with Gasteiger partial charge in [-0.2, -0.15) is 4.98 Å². The maximum Gasteiger partial charge on any atom is 0.227 e. The van der Waals surface area contributed by atoms with E-state index >= 15 is 0 Å². The van der Waals surface area contributed by atoms with Crippen LogP contribution in [0.5, 0.6) is 0 Å². The summed E-state index contributed by atoms with van der Waals surface area (Å²) in [5.41, 5.74) is 4.99. The van der Waals surface area contributed by atoms with Crippen LogP contribution in [0.25, 0.3) is 11.2 Å². The van der Waals surface area contributed by atoms with Gasteiger partial charge in [0.15, 0.2) is 5.65 Å². The van der Waals surface area contributed by atoms with Crippen molar-refractivity contribution in [3.63, 3.8) is 0 Å². The lowest BCUT2D eigenvalue weighted by Crippen LogP contribution is -2.37. The van der Waals surface area contributed by atoms with E-state index in [2.05, 4.69) is 18.7 Å². The Hall–Kier alpha value is -1.82. The summed E-state index contributed by atoms with van der Waals surface area (Å²) < 4.78 is 5.48. The number of fused-ring (bicyclic) bond motifs is 1. The van der Waals surface area contributed by atoms with Gasteiger partial charge in [-0.05, 0) is 38.5 Å². The van der Waals surface area contributed by atoms with Crippen LogP contribution in [0.2, 0.25) is 0 Å². The van der Waals surface area contributed by atoms with Gasteiger partial charge in [0.2, 0.25) is 5.95 Å². The van der Waals surface area contributed by atoms with Crippen molar-refractivity contribution in [2.24, 2.45) is 5.41 Å². The Morgan fingerprint density at radius 1 is 1.00 bits per heavy atom. The quantitative estimate of drug-likeness (QED) is 0.836. The average Bonchev–Trinajstić information content (AvgIpc) is 2.96. The minimum atomic E-state index is 0.369. The van der Waals surface area contributed by atoms with Gasteiger partial charge in [-0.15, -0.1) is 0 Å². The first kappa shape index (κ1) is 16.6. The molecule has 1 saturated heterocycles. The van der Waals surface area contributed by atoms with Crippen LogP contribution < -0.4 is 4.90 Å². The number of aromatic nitrogens is 4. The second-order valence-corrected chi connectivity index (χ2v) is 8.18. The van der Waals surface area contributed by atoms with E-state index in [1.165, 1.54) is 6.42 Å². The molecule has 0 aromatic carbocycles. The second-order valence-electron chi connectivity index (χ2n) is 8.18. The van der Waals surface area contributed by atoms with Gasteiger partial charge < -0.3 is 9.64 Å². The fourth-order valence-electron chi connectivity index (χ4n) is 3.98. The van der Waals surface area contributed by atoms with E-state index in [1.807, 2.05) is 13.8 Å². The van der Waals surface area contributed by atoms with Gasteiger partial charge in [-0.3, -0.25) is 0 Å². The molecule has 134 valence electrons. The summed E-state index contributed by atoms with van der Waals surface area (Å²) in [4.78, 5) is 21.5. The molecule has 1 saturated carbocycles. The number of aryl methyl sites for hydroxylation is 2. The fourth-order valence-corrected chi connectivity index (χ4v) is 3.98. The molecule has 25 heavy (non-hydrogen) atoms. The molecule has 1 aliphatic carbocycles. The normalized spacial score (nSPS) is 23.4. The third kappa shape index (κ3) is 3.19. The first-order valence-corrected chi connectivity index (χ1v) is 9.28. The summed E-state index contributed by atoms with van der Waals surface area (Å²) in [7, 11) is 0. The van der Waals surface area contributed by atoms with Crippen LogP contribution in [0, 0.1) is 19.3 Å². The Morgan fingerprint density at radius 2 is 1.72 bits per heavy atom. The van der Waals surface area contributed by atoms with Crippen LogP contribution in [0.15, 0.2) is 0 Å². The SMILES string of the molecule is Cc1nc2nc(N3CCOCC3)nc(C3CCC(C)(C)C3)c2nc1C. The Balaban J connectivity index is 1.84. The summed E-state index contributed by atoms with van der Waals surface area (Å²) in [6.45, 7) is 11.8. The van der Waals surface area contributed by atoms with E-state index in [9.17, 15) is 0 Å². The molecule has 4 rings (SSSR count). The van der Waals surface area contributed by atoms with Gasteiger partial charge in [0.25, 0.3) is 0 Å². The topological polar surface area (TPSA) is 64.0 Å².